The van der Waals surface area contributed by atoms with Gasteiger partial charge in [0, 0.05) is 25.7 Å². The molecule has 0 aliphatic carbocycles. The monoisotopic (exact) mass is 240 g/mol. The van der Waals surface area contributed by atoms with E-state index in [0.29, 0.717) is 6.04 Å². The first kappa shape index (κ1) is 14.2. The zero-order valence-corrected chi connectivity index (χ0v) is 11.2. The van der Waals surface area contributed by atoms with Gasteiger partial charge in [-0.2, -0.15) is 0 Å². The van der Waals surface area contributed by atoms with Crippen LogP contribution in [0.15, 0.2) is 12.7 Å². The molecule has 1 aliphatic rings. The maximum absolute atomic E-state index is 11.7. The van der Waals surface area contributed by atoms with E-state index >= 15 is 0 Å². The van der Waals surface area contributed by atoms with Gasteiger partial charge in [-0.1, -0.05) is 6.08 Å². The first-order chi connectivity index (χ1) is 7.93. The maximum Gasteiger partial charge on any atom is 0.330 e. The summed E-state index contributed by atoms with van der Waals surface area (Å²) in [6, 6.07) is 0.512. The predicted octanol–water partition coefficient (Wildman–Crippen LogP) is 1.73. The summed E-state index contributed by atoms with van der Waals surface area (Å²) in [4.78, 5) is 17.0. The normalized spacial score (nSPS) is 19.0. The number of nitrogens with one attached hydrogen (secondary N) is 1. The van der Waals surface area contributed by atoms with Crippen LogP contribution in [0.3, 0.4) is 0 Å². The van der Waals surface area contributed by atoms with Gasteiger partial charge in [-0.05, 0) is 33.6 Å². The molecule has 17 heavy (non-hydrogen) atoms. The molecule has 0 aromatic carbocycles. The van der Waals surface area contributed by atoms with Gasteiger partial charge >= 0.3 is 5.97 Å². The fraction of sp³-hybridized carbons (Fsp3) is 0.769. The van der Waals surface area contributed by atoms with Crippen molar-refractivity contribution in [3.05, 3.63) is 12.7 Å². The molecular formula is C13H24N2O2. The minimum Gasteiger partial charge on any atom is -0.367 e. The molecule has 1 heterocycles. The van der Waals surface area contributed by atoms with Crippen molar-refractivity contribution in [3.8, 4) is 0 Å². The van der Waals surface area contributed by atoms with Crippen LogP contribution in [0.2, 0.25) is 0 Å². The SMILES string of the molecule is C=CCNC1CCN(OC(=O)C(C)(C)C)CC1. The van der Waals surface area contributed by atoms with Crippen LogP contribution in [0.1, 0.15) is 33.6 Å². The second-order valence-electron chi connectivity index (χ2n) is 5.53. The molecule has 4 nitrogen and oxygen atoms in total. The number of hydrogen-bond donors (Lipinski definition) is 1. The molecule has 0 amide bonds. The van der Waals surface area contributed by atoms with E-state index in [9.17, 15) is 4.79 Å². The highest BCUT2D eigenvalue weighted by Crippen LogP contribution is 2.18. The zero-order valence-electron chi connectivity index (χ0n) is 11.2. The van der Waals surface area contributed by atoms with Gasteiger partial charge in [0.05, 0.1) is 5.41 Å². The van der Waals surface area contributed by atoms with Crippen molar-refractivity contribution >= 4 is 5.97 Å². The number of hydrogen-bond acceptors (Lipinski definition) is 4. The number of carbonyl (C=O) groups excluding carboxylic acids is 1. The van der Waals surface area contributed by atoms with Crippen LogP contribution in [0.25, 0.3) is 0 Å². The Balaban J connectivity index is 2.28. The maximum atomic E-state index is 11.7. The Morgan fingerprint density at radius 2 is 2.06 bits per heavy atom. The summed E-state index contributed by atoms with van der Waals surface area (Å²) in [6.07, 6.45) is 3.88. The Morgan fingerprint density at radius 1 is 1.47 bits per heavy atom. The van der Waals surface area contributed by atoms with Gasteiger partial charge in [0.1, 0.15) is 0 Å². The van der Waals surface area contributed by atoms with Crippen LogP contribution in [0, 0.1) is 5.41 Å². The highest BCUT2D eigenvalue weighted by Gasteiger charge is 2.28. The third-order valence-electron chi connectivity index (χ3n) is 2.83. The molecule has 0 radical (unpaired) electrons. The van der Waals surface area contributed by atoms with Crippen molar-refractivity contribution in [1.29, 1.82) is 0 Å². The lowest BCUT2D eigenvalue weighted by molar-refractivity contribution is -0.204. The lowest BCUT2D eigenvalue weighted by Gasteiger charge is -2.32. The second-order valence-corrected chi connectivity index (χ2v) is 5.53. The van der Waals surface area contributed by atoms with Crippen molar-refractivity contribution in [1.82, 2.24) is 10.4 Å². The quantitative estimate of drug-likeness (QED) is 0.760. The van der Waals surface area contributed by atoms with E-state index in [1.165, 1.54) is 0 Å². The number of nitrogens with zero attached hydrogens (tertiary/aromatic N) is 1. The topological polar surface area (TPSA) is 41.6 Å². The van der Waals surface area contributed by atoms with Crippen LogP contribution < -0.4 is 5.32 Å². The number of carbonyl (C=O) groups is 1. The highest BCUT2D eigenvalue weighted by atomic mass is 16.7. The van der Waals surface area contributed by atoms with Gasteiger partial charge in [0.25, 0.3) is 0 Å². The minimum absolute atomic E-state index is 0.157. The molecule has 0 saturated carbocycles. The van der Waals surface area contributed by atoms with E-state index < -0.39 is 5.41 Å². The molecule has 0 spiro atoms. The fourth-order valence-corrected chi connectivity index (χ4v) is 1.66. The Hall–Kier alpha value is -0.870. The molecule has 1 fully saturated rings. The van der Waals surface area contributed by atoms with Crippen molar-refractivity contribution < 1.29 is 9.63 Å². The van der Waals surface area contributed by atoms with Crippen LogP contribution in [0.4, 0.5) is 0 Å². The molecule has 1 saturated heterocycles. The van der Waals surface area contributed by atoms with E-state index in [1.807, 2.05) is 26.8 Å². The van der Waals surface area contributed by atoms with E-state index in [-0.39, 0.29) is 5.97 Å². The summed E-state index contributed by atoms with van der Waals surface area (Å²) in [5, 5.41) is 5.17. The Kier molecular flexibility index (Phi) is 5.15. The average molecular weight is 240 g/mol. The lowest BCUT2D eigenvalue weighted by atomic mass is 9.98. The molecule has 0 aromatic heterocycles. The summed E-state index contributed by atoms with van der Waals surface area (Å²) in [5.74, 6) is -0.157. The van der Waals surface area contributed by atoms with Crippen molar-refractivity contribution in [3.63, 3.8) is 0 Å². The zero-order chi connectivity index (χ0) is 12.9. The summed E-state index contributed by atoms with van der Waals surface area (Å²) in [5.41, 5.74) is -0.433. The van der Waals surface area contributed by atoms with Gasteiger partial charge in [-0.15, -0.1) is 11.6 Å². The molecule has 0 atom stereocenters. The highest BCUT2D eigenvalue weighted by molar-refractivity contribution is 5.75. The molecule has 0 aromatic rings. The van der Waals surface area contributed by atoms with Crippen LogP contribution >= 0.6 is 0 Å². The number of hydroxylamine groups is 2. The molecule has 4 heteroatoms. The minimum atomic E-state index is -0.433. The standard InChI is InChI=1S/C13H24N2O2/c1-5-8-14-11-6-9-15(10-7-11)17-12(16)13(2,3)4/h5,11,14H,1,6-10H2,2-4H3. The van der Waals surface area contributed by atoms with Crippen molar-refractivity contribution in [2.24, 2.45) is 5.41 Å². The van der Waals surface area contributed by atoms with Crippen molar-refractivity contribution in [2.45, 2.75) is 39.7 Å². The van der Waals surface area contributed by atoms with Crippen molar-refractivity contribution in [2.75, 3.05) is 19.6 Å². The third-order valence-corrected chi connectivity index (χ3v) is 2.83. The number of rotatable bonds is 4. The molecule has 0 unspecified atom stereocenters. The average Bonchev–Trinajstić information content (AvgIpc) is 2.27. The molecule has 0 bridgehead atoms. The molecule has 98 valence electrons. The first-order valence-electron chi connectivity index (χ1n) is 6.25. The smallest absolute Gasteiger partial charge is 0.330 e. The van der Waals surface area contributed by atoms with Crippen LogP contribution in [-0.2, 0) is 9.63 Å². The summed E-state index contributed by atoms with van der Waals surface area (Å²) >= 11 is 0. The summed E-state index contributed by atoms with van der Waals surface area (Å²) < 4.78 is 0. The molecule has 1 N–H and O–H groups in total. The first-order valence-corrected chi connectivity index (χ1v) is 6.25. The lowest BCUT2D eigenvalue weighted by Crippen LogP contribution is -2.44. The molecule has 1 aliphatic heterocycles. The Labute approximate surface area is 104 Å². The molecular weight excluding hydrogens is 216 g/mol. The van der Waals surface area contributed by atoms with Gasteiger partial charge in [-0.25, -0.2) is 4.79 Å². The number of piperidine rings is 1. The fourth-order valence-electron chi connectivity index (χ4n) is 1.66. The Morgan fingerprint density at radius 3 is 2.53 bits per heavy atom. The summed E-state index contributed by atoms with van der Waals surface area (Å²) in [7, 11) is 0. The Bertz CT molecular complexity index is 263. The largest absolute Gasteiger partial charge is 0.367 e. The predicted molar refractivity (Wildman–Crippen MR) is 68.3 cm³/mol. The van der Waals surface area contributed by atoms with Gasteiger partial charge in [0.2, 0.25) is 0 Å². The van der Waals surface area contributed by atoms with Gasteiger partial charge in [0.15, 0.2) is 0 Å². The third kappa shape index (κ3) is 4.88. The van der Waals surface area contributed by atoms with Gasteiger partial charge < -0.3 is 10.2 Å². The molecule has 1 rings (SSSR count). The van der Waals surface area contributed by atoms with Crippen LogP contribution in [0.5, 0.6) is 0 Å². The summed E-state index contributed by atoms with van der Waals surface area (Å²) in [6.45, 7) is 11.7. The van der Waals surface area contributed by atoms with Gasteiger partial charge in [-0.3, -0.25) is 0 Å². The second kappa shape index (κ2) is 6.17. The van der Waals surface area contributed by atoms with E-state index in [0.717, 1.165) is 32.5 Å². The van der Waals surface area contributed by atoms with E-state index in [4.69, 9.17) is 4.84 Å². The van der Waals surface area contributed by atoms with E-state index in [2.05, 4.69) is 11.9 Å². The van der Waals surface area contributed by atoms with E-state index in [1.54, 1.807) is 5.06 Å². The van der Waals surface area contributed by atoms with Crippen LogP contribution in [-0.4, -0.2) is 36.7 Å².